The molecule has 1 aliphatic rings. The lowest BCUT2D eigenvalue weighted by atomic mass is 9.78. The van der Waals surface area contributed by atoms with E-state index in [0.29, 0.717) is 11.8 Å². The van der Waals surface area contributed by atoms with Crippen LogP contribution < -0.4 is 4.72 Å². The van der Waals surface area contributed by atoms with Crippen LogP contribution in [0.1, 0.15) is 52.9 Å². The van der Waals surface area contributed by atoms with Crippen molar-refractivity contribution in [3.05, 3.63) is 0 Å². The number of hydrogen-bond acceptors (Lipinski definition) is 2. The zero-order valence-electron chi connectivity index (χ0n) is 10.7. The summed E-state index contributed by atoms with van der Waals surface area (Å²) in [4.78, 5) is 0. The van der Waals surface area contributed by atoms with E-state index in [1.807, 2.05) is 6.92 Å². The Morgan fingerprint density at radius 3 is 2.56 bits per heavy atom. The number of rotatable bonds is 5. The van der Waals surface area contributed by atoms with Gasteiger partial charge in [-0.1, -0.05) is 40.0 Å². The molecule has 16 heavy (non-hydrogen) atoms. The summed E-state index contributed by atoms with van der Waals surface area (Å²) in [5, 5.41) is 0. The van der Waals surface area contributed by atoms with E-state index in [1.165, 1.54) is 6.42 Å². The van der Waals surface area contributed by atoms with Crippen LogP contribution in [0.15, 0.2) is 0 Å². The molecular formula is C12H25NO2S. The van der Waals surface area contributed by atoms with Crippen LogP contribution in [0.2, 0.25) is 0 Å². The van der Waals surface area contributed by atoms with Crippen LogP contribution >= 0.6 is 0 Å². The Bertz CT molecular complexity index is 300. The summed E-state index contributed by atoms with van der Waals surface area (Å²) < 4.78 is 26.5. The average molecular weight is 247 g/mol. The lowest BCUT2D eigenvalue weighted by Crippen LogP contribution is -2.44. The van der Waals surface area contributed by atoms with E-state index in [2.05, 4.69) is 18.6 Å². The van der Waals surface area contributed by atoms with Gasteiger partial charge in [0, 0.05) is 6.04 Å². The quantitative estimate of drug-likeness (QED) is 0.811. The van der Waals surface area contributed by atoms with Crippen LogP contribution in [-0.4, -0.2) is 20.2 Å². The van der Waals surface area contributed by atoms with Crippen molar-refractivity contribution in [1.29, 1.82) is 0 Å². The summed E-state index contributed by atoms with van der Waals surface area (Å²) in [6.45, 7) is 6.40. The van der Waals surface area contributed by atoms with Gasteiger partial charge in [0.2, 0.25) is 10.0 Å². The van der Waals surface area contributed by atoms with Gasteiger partial charge < -0.3 is 0 Å². The van der Waals surface area contributed by atoms with Gasteiger partial charge >= 0.3 is 0 Å². The first-order valence-electron chi connectivity index (χ1n) is 6.46. The highest BCUT2D eigenvalue weighted by molar-refractivity contribution is 7.89. The van der Waals surface area contributed by atoms with Crippen LogP contribution in [0.25, 0.3) is 0 Å². The van der Waals surface area contributed by atoms with Crippen molar-refractivity contribution in [1.82, 2.24) is 4.72 Å². The standard InChI is InChI=1S/C12H25NO2S/c1-4-5-9-16(14,15)13-12-8-6-7-10(2)11(12)3/h10-13H,4-9H2,1-3H3/t10-,11-,12+/m0/s1. The largest absolute Gasteiger partial charge is 0.212 e. The van der Waals surface area contributed by atoms with E-state index < -0.39 is 10.0 Å². The van der Waals surface area contributed by atoms with Crippen LogP contribution in [0.4, 0.5) is 0 Å². The summed E-state index contributed by atoms with van der Waals surface area (Å²) in [6, 6.07) is 0.158. The van der Waals surface area contributed by atoms with Gasteiger partial charge in [-0.05, 0) is 24.7 Å². The Balaban J connectivity index is 2.52. The molecule has 0 aromatic carbocycles. The van der Waals surface area contributed by atoms with Crippen molar-refractivity contribution in [2.45, 2.75) is 58.9 Å². The summed E-state index contributed by atoms with van der Waals surface area (Å²) >= 11 is 0. The predicted molar refractivity (Wildman–Crippen MR) is 67.8 cm³/mol. The molecule has 0 amide bonds. The maximum Gasteiger partial charge on any atom is 0.211 e. The van der Waals surface area contributed by atoms with Gasteiger partial charge in [0.15, 0.2) is 0 Å². The van der Waals surface area contributed by atoms with E-state index in [1.54, 1.807) is 0 Å². The topological polar surface area (TPSA) is 46.2 Å². The molecule has 3 nitrogen and oxygen atoms in total. The summed E-state index contributed by atoms with van der Waals surface area (Å²) in [6.07, 6.45) is 5.06. The molecule has 96 valence electrons. The lowest BCUT2D eigenvalue weighted by molar-refractivity contribution is 0.227. The highest BCUT2D eigenvalue weighted by atomic mass is 32.2. The molecule has 0 aromatic heterocycles. The van der Waals surface area contributed by atoms with Crippen molar-refractivity contribution >= 4 is 10.0 Å². The molecule has 0 spiro atoms. The molecule has 0 unspecified atom stereocenters. The number of hydrogen-bond donors (Lipinski definition) is 1. The second-order valence-electron chi connectivity index (χ2n) is 5.16. The van der Waals surface area contributed by atoms with Crippen LogP contribution in [0.5, 0.6) is 0 Å². The normalized spacial score (nSPS) is 31.6. The Labute approximate surface area is 100 Å². The summed E-state index contributed by atoms with van der Waals surface area (Å²) in [5.41, 5.74) is 0. The summed E-state index contributed by atoms with van der Waals surface area (Å²) in [7, 11) is -3.05. The van der Waals surface area contributed by atoms with Crippen molar-refractivity contribution in [2.24, 2.45) is 11.8 Å². The highest BCUT2D eigenvalue weighted by Crippen LogP contribution is 2.29. The first kappa shape index (κ1) is 14.0. The molecule has 3 atom stereocenters. The van der Waals surface area contributed by atoms with Gasteiger partial charge in [0.1, 0.15) is 0 Å². The minimum Gasteiger partial charge on any atom is -0.212 e. The Morgan fingerprint density at radius 2 is 1.94 bits per heavy atom. The second-order valence-corrected chi connectivity index (χ2v) is 7.04. The molecule has 0 aromatic rings. The van der Waals surface area contributed by atoms with Gasteiger partial charge in [0.05, 0.1) is 5.75 Å². The molecular weight excluding hydrogens is 222 g/mol. The molecule has 0 bridgehead atoms. The smallest absolute Gasteiger partial charge is 0.211 e. The van der Waals surface area contributed by atoms with Crippen LogP contribution in [-0.2, 0) is 10.0 Å². The molecule has 0 aliphatic heterocycles. The fourth-order valence-electron chi connectivity index (χ4n) is 2.37. The number of sulfonamides is 1. The fourth-order valence-corrected chi connectivity index (χ4v) is 3.95. The molecule has 0 heterocycles. The maximum atomic E-state index is 11.8. The second kappa shape index (κ2) is 6.01. The molecule has 1 saturated carbocycles. The summed E-state index contributed by atoms with van der Waals surface area (Å²) in [5.74, 6) is 1.37. The van der Waals surface area contributed by atoms with Crippen molar-refractivity contribution < 1.29 is 8.42 Å². The molecule has 1 rings (SSSR count). The van der Waals surface area contributed by atoms with Crippen molar-refractivity contribution in [2.75, 3.05) is 5.75 Å². The molecule has 4 heteroatoms. The zero-order valence-corrected chi connectivity index (χ0v) is 11.5. The molecule has 1 N–H and O–H groups in total. The maximum absolute atomic E-state index is 11.8. The van der Waals surface area contributed by atoms with Crippen molar-refractivity contribution in [3.8, 4) is 0 Å². The van der Waals surface area contributed by atoms with E-state index in [0.717, 1.165) is 25.7 Å². The monoisotopic (exact) mass is 247 g/mol. The number of unbranched alkanes of at least 4 members (excludes halogenated alkanes) is 1. The van der Waals surface area contributed by atoms with E-state index in [9.17, 15) is 8.42 Å². The van der Waals surface area contributed by atoms with Crippen LogP contribution in [0, 0.1) is 11.8 Å². The number of nitrogens with one attached hydrogen (secondary N) is 1. The first-order chi connectivity index (χ1) is 7.46. The van der Waals surface area contributed by atoms with Gasteiger partial charge in [-0.2, -0.15) is 0 Å². The van der Waals surface area contributed by atoms with Crippen molar-refractivity contribution in [3.63, 3.8) is 0 Å². The van der Waals surface area contributed by atoms with E-state index >= 15 is 0 Å². The molecule has 0 saturated heterocycles. The SMILES string of the molecule is CCCCS(=O)(=O)N[C@@H]1CCC[C@H](C)[C@@H]1C. The van der Waals surface area contributed by atoms with Gasteiger partial charge in [0.25, 0.3) is 0 Å². The van der Waals surface area contributed by atoms with Gasteiger partial charge in [-0.3, -0.25) is 0 Å². The Morgan fingerprint density at radius 1 is 1.25 bits per heavy atom. The third-order valence-electron chi connectivity index (χ3n) is 3.80. The third-order valence-corrected chi connectivity index (χ3v) is 5.29. The minimum absolute atomic E-state index is 0.158. The average Bonchev–Trinajstić information content (AvgIpc) is 2.22. The van der Waals surface area contributed by atoms with Gasteiger partial charge in [-0.25, -0.2) is 13.1 Å². The predicted octanol–water partition coefficient (Wildman–Crippen LogP) is 2.53. The Hall–Kier alpha value is -0.0900. The zero-order chi connectivity index (χ0) is 12.2. The minimum atomic E-state index is -3.05. The fraction of sp³-hybridized carbons (Fsp3) is 1.00. The van der Waals surface area contributed by atoms with Gasteiger partial charge in [-0.15, -0.1) is 0 Å². The molecule has 0 radical (unpaired) electrons. The first-order valence-corrected chi connectivity index (χ1v) is 8.11. The highest BCUT2D eigenvalue weighted by Gasteiger charge is 2.29. The van der Waals surface area contributed by atoms with E-state index in [-0.39, 0.29) is 11.8 Å². The Kier molecular flexibility index (Phi) is 5.25. The third kappa shape index (κ3) is 4.06. The van der Waals surface area contributed by atoms with Crippen LogP contribution in [0.3, 0.4) is 0 Å². The molecule has 1 aliphatic carbocycles. The lowest BCUT2D eigenvalue weighted by Gasteiger charge is -2.34. The van der Waals surface area contributed by atoms with E-state index in [4.69, 9.17) is 0 Å². The molecule has 1 fully saturated rings.